The Kier molecular flexibility index (Phi) is 4.83. The zero-order chi connectivity index (χ0) is 13.2. The highest BCUT2D eigenvalue weighted by molar-refractivity contribution is 14.1. The Balaban J connectivity index is 2.08. The molecule has 1 aliphatic heterocycles. The van der Waals surface area contributed by atoms with E-state index in [1.54, 1.807) is 0 Å². The summed E-state index contributed by atoms with van der Waals surface area (Å²) in [6.45, 7) is 6.93. The number of ether oxygens (including phenoxy) is 1. The average molecular weight is 376 g/mol. The van der Waals surface area contributed by atoms with Crippen LogP contribution in [0.25, 0.3) is 0 Å². The summed E-state index contributed by atoms with van der Waals surface area (Å²) in [5.74, 6) is 4.14. The van der Waals surface area contributed by atoms with E-state index in [0.717, 1.165) is 0 Å². The monoisotopic (exact) mass is 376 g/mol. The molecule has 0 aromatic heterocycles. The first-order chi connectivity index (χ1) is 8.44. The first kappa shape index (κ1) is 14.9. The van der Waals surface area contributed by atoms with Crippen LogP contribution < -0.4 is 0 Å². The van der Waals surface area contributed by atoms with Crippen LogP contribution in [-0.4, -0.2) is 24.2 Å². The van der Waals surface area contributed by atoms with E-state index in [-0.39, 0.29) is 11.7 Å². The number of hydrogen-bond donors (Lipinski definition) is 0. The van der Waals surface area contributed by atoms with E-state index in [1.165, 1.54) is 43.0 Å². The third-order valence-corrected chi connectivity index (χ3v) is 6.02. The second kappa shape index (κ2) is 5.84. The van der Waals surface area contributed by atoms with Crippen molar-refractivity contribution < 1.29 is 4.74 Å². The van der Waals surface area contributed by atoms with Crippen molar-refractivity contribution in [3.63, 3.8) is 0 Å². The highest BCUT2D eigenvalue weighted by Gasteiger charge is 2.45. The van der Waals surface area contributed by atoms with E-state index in [0.29, 0.717) is 5.92 Å². The van der Waals surface area contributed by atoms with Gasteiger partial charge in [0.05, 0.1) is 5.60 Å². The van der Waals surface area contributed by atoms with Gasteiger partial charge in [0.15, 0.2) is 0 Å². The number of hydrogen-bond acceptors (Lipinski definition) is 1. The van der Waals surface area contributed by atoms with Gasteiger partial charge in [-0.3, -0.25) is 0 Å². The van der Waals surface area contributed by atoms with Gasteiger partial charge in [0.1, 0.15) is 14.2 Å². The molecule has 1 saturated heterocycles. The van der Waals surface area contributed by atoms with Crippen molar-refractivity contribution >= 4 is 30.7 Å². The molecule has 18 heavy (non-hydrogen) atoms. The second-order valence-electron chi connectivity index (χ2n) is 6.92. The van der Waals surface area contributed by atoms with Crippen LogP contribution in [0, 0.1) is 17.4 Å². The molecule has 1 heterocycles. The van der Waals surface area contributed by atoms with Crippen LogP contribution in [0.3, 0.4) is 0 Å². The van der Waals surface area contributed by atoms with E-state index in [4.69, 9.17) is 4.74 Å². The maximum atomic E-state index is 6.43. The van der Waals surface area contributed by atoms with Gasteiger partial charge in [0.2, 0.25) is 0 Å². The maximum Gasteiger partial charge on any atom is 0.129 e. The zero-order valence-corrected chi connectivity index (χ0v) is 15.0. The summed E-state index contributed by atoms with van der Waals surface area (Å²) >= 11 is 2.51. The van der Waals surface area contributed by atoms with Gasteiger partial charge in [0.25, 0.3) is 0 Å². The molecule has 0 aromatic rings. The van der Waals surface area contributed by atoms with Crippen molar-refractivity contribution in [1.82, 2.24) is 0 Å². The molecule has 0 aromatic carbocycles. The quantitative estimate of drug-likeness (QED) is 0.285. The van der Waals surface area contributed by atoms with Crippen LogP contribution in [0.4, 0.5) is 0 Å². The molecule has 0 radical (unpaired) electrons. The minimum absolute atomic E-state index is 0.201. The number of rotatable bonds is 1. The Hall–Kier alpha value is 0.467. The minimum Gasteiger partial charge on any atom is -0.359 e. The number of halogens is 1. The van der Waals surface area contributed by atoms with E-state index in [1.807, 2.05) is 0 Å². The largest absolute Gasteiger partial charge is 0.359 e. The second-order valence-corrected chi connectivity index (χ2v) is 12.6. The number of alkyl halides is 1. The molecule has 0 unspecified atom stereocenters. The van der Waals surface area contributed by atoms with Crippen molar-refractivity contribution in [2.24, 2.45) is 5.92 Å². The predicted molar refractivity (Wildman–Crippen MR) is 88.8 cm³/mol. The van der Waals surface area contributed by atoms with Gasteiger partial charge in [-0.25, -0.2) is 0 Å². The molecule has 102 valence electrons. The third kappa shape index (κ3) is 3.74. The molecular weight excluding hydrogens is 351 g/mol. The fourth-order valence-electron chi connectivity index (χ4n) is 3.09. The lowest BCUT2D eigenvalue weighted by molar-refractivity contribution is -0.0465. The molecule has 3 heteroatoms. The van der Waals surface area contributed by atoms with E-state index >= 15 is 0 Å². The molecule has 1 spiro atoms. The highest BCUT2D eigenvalue weighted by Crippen LogP contribution is 2.45. The molecule has 0 amide bonds. The molecule has 0 bridgehead atoms. The summed E-state index contributed by atoms with van der Waals surface area (Å²) in [5, 5.41) is 0. The zero-order valence-electron chi connectivity index (χ0n) is 11.9. The SMILES string of the molecule is C[Si](C)(C)C#C[C@H]1OC2(CCCCC2)C[C@H]1CI. The lowest BCUT2D eigenvalue weighted by Gasteiger charge is -2.32. The Morgan fingerprint density at radius 3 is 2.44 bits per heavy atom. The molecular formula is C15H25IOSi. The van der Waals surface area contributed by atoms with Gasteiger partial charge in [-0.05, 0) is 19.3 Å². The summed E-state index contributed by atoms with van der Waals surface area (Å²) in [5.41, 5.74) is 3.71. The molecule has 2 atom stereocenters. The maximum absolute atomic E-state index is 6.43. The van der Waals surface area contributed by atoms with Gasteiger partial charge < -0.3 is 4.74 Å². The van der Waals surface area contributed by atoms with Crippen LogP contribution >= 0.6 is 22.6 Å². The van der Waals surface area contributed by atoms with Crippen LogP contribution in [0.1, 0.15) is 38.5 Å². The van der Waals surface area contributed by atoms with Gasteiger partial charge >= 0.3 is 0 Å². The van der Waals surface area contributed by atoms with Crippen molar-refractivity contribution in [2.75, 3.05) is 4.43 Å². The smallest absolute Gasteiger partial charge is 0.129 e. The van der Waals surface area contributed by atoms with Crippen LogP contribution in [0.15, 0.2) is 0 Å². The summed E-state index contributed by atoms with van der Waals surface area (Å²) in [7, 11) is -1.27. The van der Waals surface area contributed by atoms with Crippen molar-refractivity contribution in [3.05, 3.63) is 0 Å². The molecule has 2 fully saturated rings. The minimum atomic E-state index is -1.27. The van der Waals surface area contributed by atoms with E-state index < -0.39 is 8.07 Å². The van der Waals surface area contributed by atoms with Crippen molar-refractivity contribution in [1.29, 1.82) is 0 Å². The van der Waals surface area contributed by atoms with Gasteiger partial charge in [-0.15, -0.1) is 5.54 Å². The molecule has 0 N–H and O–H groups in total. The summed E-state index contributed by atoms with van der Waals surface area (Å²) in [6, 6.07) is 0. The van der Waals surface area contributed by atoms with Crippen molar-refractivity contribution in [3.8, 4) is 11.5 Å². The Morgan fingerprint density at radius 2 is 1.89 bits per heavy atom. The van der Waals surface area contributed by atoms with Crippen LogP contribution in [0.2, 0.25) is 19.6 Å². The fraction of sp³-hybridized carbons (Fsp3) is 0.867. The fourth-order valence-corrected chi connectivity index (χ4v) is 4.44. The van der Waals surface area contributed by atoms with Crippen LogP contribution in [0.5, 0.6) is 0 Å². The van der Waals surface area contributed by atoms with E-state index in [9.17, 15) is 0 Å². The van der Waals surface area contributed by atoms with Gasteiger partial charge in [0, 0.05) is 10.3 Å². The Labute approximate surface area is 127 Å². The molecule has 2 aliphatic rings. The lowest BCUT2D eigenvalue weighted by atomic mass is 9.81. The van der Waals surface area contributed by atoms with E-state index in [2.05, 4.69) is 53.7 Å². The van der Waals surface area contributed by atoms with Gasteiger partial charge in [-0.2, -0.15) is 0 Å². The first-order valence-electron chi connectivity index (χ1n) is 7.21. The topological polar surface area (TPSA) is 9.23 Å². The average Bonchev–Trinajstić information content (AvgIpc) is 2.65. The Bertz CT molecular complexity index is 344. The Morgan fingerprint density at radius 1 is 1.22 bits per heavy atom. The van der Waals surface area contributed by atoms with Crippen molar-refractivity contribution in [2.45, 2.75) is 69.9 Å². The summed E-state index contributed by atoms with van der Waals surface area (Å²) in [4.78, 5) is 0. The normalized spacial score (nSPS) is 31.1. The molecule has 2 rings (SSSR count). The lowest BCUT2D eigenvalue weighted by Crippen LogP contribution is -2.31. The highest BCUT2D eigenvalue weighted by atomic mass is 127. The summed E-state index contributed by atoms with van der Waals surface area (Å²) < 4.78 is 7.62. The molecule has 1 saturated carbocycles. The summed E-state index contributed by atoms with van der Waals surface area (Å²) in [6.07, 6.45) is 8.10. The van der Waals surface area contributed by atoms with Gasteiger partial charge in [-0.1, -0.05) is 67.4 Å². The predicted octanol–water partition coefficient (Wildman–Crippen LogP) is 4.41. The molecule has 1 nitrogen and oxygen atoms in total. The van der Waals surface area contributed by atoms with Crippen LogP contribution in [-0.2, 0) is 4.74 Å². The standard InChI is InChI=1S/C15H25IOSi/c1-18(2,3)10-7-14-13(12-16)11-15(17-14)8-5-4-6-9-15/h13-14H,4-6,8-9,11-12H2,1-3H3/t13-,14+/m0/s1. The molecule has 1 aliphatic carbocycles. The third-order valence-electron chi connectivity index (χ3n) is 3.99. The first-order valence-corrected chi connectivity index (χ1v) is 12.2.